The van der Waals surface area contributed by atoms with Gasteiger partial charge in [0.05, 0.1) is 12.6 Å². The monoisotopic (exact) mass is 308 g/mol. The van der Waals surface area contributed by atoms with Crippen LogP contribution < -0.4 is 10.5 Å². The maximum Gasteiger partial charge on any atom is 0.410 e. The SMILES string of the molecule is CC.CC(C)OC(=O)N1CCCC(Oc2ccc(N)cc2)C1. The lowest BCUT2D eigenvalue weighted by atomic mass is 10.1. The molecule has 5 heteroatoms. The quantitative estimate of drug-likeness (QED) is 0.865. The van der Waals surface area contributed by atoms with E-state index in [1.165, 1.54) is 0 Å². The minimum absolute atomic E-state index is 0.00656. The number of amides is 1. The third-order valence-corrected chi connectivity index (χ3v) is 3.16. The van der Waals surface area contributed by atoms with Crippen molar-refractivity contribution in [3.63, 3.8) is 0 Å². The Bertz CT molecular complexity index is 446. The number of nitrogens with two attached hydrogens (primary N) is 1. The topological polar surface area (TPSA) is 64.8 Å². The van der Waals surface area contributed by atoms with Crippen LogP contribution >= 0.6 is 0 Å². The Morgan fingerprint density at radius 3 is 2.50 bits per heavy atom. The van der Waals surface area contributed by atoms with E-state index in [0.29, 0.717) is 12.2 Å². The smallest absolute Gasteiger partial charge is 0.410 e. The molecule has 1 aliphatic rings. The van der Waals surface area contributed by atoms with Gasteiger partial charge in [0.1, 0.15) is 11.9 Å². The lowest BCUT2D eigenvalue weighted by molar-refractivity contribution is 0.0440. The molecule has 0 radical (unpaired) electrons. The van der Waals surface area contributed by atoms with Gasteiger partial charge in [-0.1, -0.05) is 13.8 Å². The van der Waals surface area contributed by atoms with Crippen molar-refractivity contribution >= 4 is 11.8 Å². The number of nitrogen functional groups attached to an aromatic ring is 1. The van der Waals surface area contributed by atoms with Gasteiger partial charge in [0.15, 0.2) is 0 Å². The number of piperidine rings is 1. The minimum Gasteiger partial charge on any atom is -0.489 e. The van der Waals surface area contributed by atoms with Gasteiger partial charge in [-0.2, -0.15) is 0 Å². The van der Waals surface area contributed by atoms with Crippen LogP contribution in [0.4, 0.5) is 10.5 Å². The van der Waals surface area contributed by atoms with Crippen LogP contribution in [-0.2, 0) is 4.74 Å². The summed E-state index contributed by atoms with van der Waals surface area (Å²) in [6, 6.07) is 7.31. The van der Waals surface area contributed by atoms with Gasteiger partial charge in [0.25, 0.3) is 0 Å². The molecule has 1 unspecified atom stereocenters. The van der Waals surface area contributed by atoms with E-state index in [-0.39, 0.29) is 18.3 Å². The molecule has 0 aliphatic carbocycles. The molecule has 1 aliphatic heterocycles. The fraction of sp³-hybridized carbons (Fsp3) is 0.588. The number of anilines is 1. The number of nitrogens with zero attached hydrogens (tertiary/aromatic N) is 1. The summed E-state index contributed by atoms with van der Waals surface area (Å²) in [5.41, 5.74) is 6.35. The third-order valence-electron chi connectivity index (χ3n) is 3.16. The zero-order valence-electron chi connectivity index (χ0n) is 14.0. The maximum atomic E-state index is 11.9. The molecule has 0 bridgehead atoms. The molecular formula is C17H28N2O3. The Balaban J connectivity index is 0.00000116. The predicted molar refractivity (Wildman–Crippen MR) is 89.0 cm³/mol. The van der Waals surface area contributed by atoms with Crippen LogP contribution in [0.15, 0.2) is 24.3 Å². The van der Waals surface area contributed by atoms with E-state index in [2.05, 4.69) is 0 Å². The summed E-state index contributed by atoms with van der Waals surface area (Å²) in [5, 5.41) is 0. The highest BCUT2D eigenvalue weighted by Gasteiger charge is 2.26. The van der Waals surface area contributed by atoms with Crippen molar-refractivity contribution in [1.29, 1.82) is 0 Å². The molecule has 22 heavy (non-hydrogen) atoms. The number of benzene rings is 1. The van der Waals surface area contributed by atoms with Crippen LogP contribution in [-0.4, -0.2) is 36.3 Å². The number of hydrogen-bond donors (Lipinski definition) is 1. The summed E-state index contributed by atoms with van der Waals surface area (Å²) in [6.45, 7) is 9.00. The Kier molecular flexibility index (Phi) is 7.57. The number of carbonyl (C=O) groups excluding carboxylic acids is 1. The van der Waals surface area contributed by atoms with Crippen molar-refractivity contribution < 1.29 is 14.3 Å². The summed E-state index contributed by atoms with van der Waals surface area (Å²) in [4.78, 5) is 13.6. The molecule has 1 aromatic carbocycles. The lowest BCUT2D eigenvalue weighted by Gasteiger charge is -2.32. The number of rotatable bonds is 3. The maximum absolute atomic E-state index is 11.9. The molecule has 2 rings (SSSR count). The van der Waals surface area contributed by atoms with Crippen molar-refractivity contribution in [1.82, 2.24) is 4.90 Å². The molecule has 5 nitrogen and oxygen atoms in total. The number of likely N-dealkylation sites (tertiary alicyclic amines) is 1. The number of carbonyl (C=O) groups is 1. The summed E-state index contributed by atoms with van der Waals surface area (Å²) in [5.74, 6) is 0.781. The molecule has 1 amide bonds. The third kappa shape index (κ3) is 5.84. The van der Waals surface area contributed by atoms with Crippen LogP contribution in [0.5, 0.6) is 5.75 Å². The fourth-order valence-corrected chi connectivity index (χ4v) is 2.22. The summed E-state index contributed by atoms with van der Waals surface area (Å²) >= 11 is 0. The molecule has 1 fully saturated rings. The van der Waals surface area contributed by atoms with E-state index in [0.717, 1.165) is 25.1 Å². The minimum atomic E-state index is -0.259. The standard InChI is InChI=1S/C15H22N2O3.C2H6/c1-11(2)19-15(18)17-9-3-4-14(10-17)20-13-7-5-12(16)6-8-13;1-2/h5-8,11,14H,3-4,9-10,16H2,1-2H3;1-2H3. The van der Waals surface area contributed by atoms with Gasteiger partial charge >= 0.3 is 6.09 Å². The predicted octanol–water partition coefficient (Wildman–Crippen LogP) is 3.68. The van der Waals surface area contributed by atoms with Crippen molar-refractivity contribution in [3.8, 4) is 5.75 Å². The van der Waals surface area contributed by atoms with Crippen LogP contribution in [0.2, 0.25) is 0 Å². The zero-order chi connectivity index (χ0) is 16.5. The van der Waals surface area contributed by atoms with E-state index in [9.17, 15) is 4.79 Å². The highest BCUT2D eigenvalue weighted by Crippen LogP contribution is 2.20. The Morgan fingerprint density at radius 2 is 1.91 bits per heavy atom. The molecular weight excluding hydrogens is 280 g/mol. The van der Waals surface area contributed by atoms with Crippen molar-refractivity contribution in [2.24, 2.45) is 0 Å². The molecule has 0 spiro atoms. The first-order valence-electron chi connectivity index (χ1n) is 8.02. The van der Waals surface area contributed by atoms with Crippen molar-refractivity contribution in [2.45, 2.75) is 52.7 Å². The summed E-state index contributed by atoms with van der Waals surface area (Å²) in [6.07, 6.45) is 1.52. The van der Waals surface area contributed by atoms with Gasteiger partial charge in [0.2, 0.25) is 0 Å². The van der Waals surface area contributed by atoms with E-state index in [1.807, 2.05) is 52.0 Å². The van der Waals surface area contributed by atoms with E-state index < -0.39 is 0 Å². The second-order valence-electron chi connectivity index (χ2n) is 5.33. The van der Waals surface area contributed by atoms with E-state index >= 15 is 0 Å². The second kappa shape index (κ2) is 9.18. The molecule has 1 heterocycles. The first-order chi connectivity index (χ1) is 10.5. The Morgan fingerprint density at radius 1 is 1.27 bits per heavy atom. The molecule has 0 saturated carbocycles. The highest BCUT2D eigenvalue weighted by molar-refractivity contribution is 5.68. The Labute approximate surface area is 133 Å². The molecule has 0 aromatic heterocycles. The average molecular weight is 308 g/mol. The molecule has 1 atom stereocenters. The highest BCUT2D eigenvalue weighted by atomic mass is 16.6. The van der Waals surface area contributed by atoms with E-state index in [1.54, 1.807) is 4.90 Å². The van der Waals surface area contributed by atoms with Crippen molar-refractivity contribution in [3.05, 3.63) is 24.3 Å². The molecule has 124 valence electrons. The second-order valence-corrected chi connectivity index (χ2v) is 5.33. The van der Waals surface area contributed by atoms with Crippen LogP contribution in [0.25, 0.3) is 0 Å². The number of ether oxygens (including phenoxy) is 2. The Hall–Kier alpha value is -1.91. The normalized spacial score (nSPS) is 17.5. The first-order valence-corrected chi connectivity index (χ1v) is 8.02. The molecule has 1 aromatic rings. The largest absolute Gasteiger partial charge is 0.489 e. The van der Waals surface area contributed by atoms with Crippen LogP contribution in [0.1, 0.15) is 40.5 Å². The van der Waals surface area contributed by atoms with E-state index in [4.69, 9.17) is 15.2 Å². The van der Waals surface area contributed by atoms with Gasteiger partial charge in [-0.3, -0.25) is 0 Å². The average Bonchev–Trinajstić information content (AvgIpc) is 2.51. The van der Waals surface area contributed by atoms with Gasteiger partial charge in [-0.15, -0.1) is 0 Å². The first kappa shape index (κ1) is 18.1. The van der Waals surface area contributed by atoms with Gasteiger partial charge in [-0.05, 0) is 51.0 Å². The van der Waals surface area contributed by atoms with Gasteiger partial charge < -0.3 is 20.1 Å². The zero-order valence-corrected chi connectivity index (χ0v) is 14.0. The summed E-state index contributed by atoms with van der Waals surface area (Å²) < 4.78 is 11.1. The van der Waals surface area contributed by atoms with Crippen LogP contribution in [0.3, 0.4) is 0 Å². The fourth-order valence-electron chi connectivity index (χ4n) is 2.22. The van der Waals surface area contributed by atoms with Crippen molar-refractivity contribution in [2.75, 3.05) is 18.8 Å². The molecule has 1 saturated heterocycles. The lowest BCUT2D eigenvalue weighted by Crippen LogP contribution is -2.45. The van der Waals surface area contributed by atoms with Gasteiger partial charge in [-0.25, -0.2) is 4.79 Å². The van der Waals surface area contributed by atoms with Gasteiger partial charge in [0, 0.05) is 12.2 Å². The van der Waals surface area contributed by atoms with Crippen LogP contribution in [0, 0.1) is 0 Å². The summed E-state index contributed by atoms with van der Waals surface area (Å²) in [7, 11) is 0. The molecule has 2 N–H and O–H groups in total. The number of hydrogen-bond acceptors (Lipinski definition) is 4.